The first kappa shape index (κ1) is 16.1. The van der Waals surface area contributed by atoms with Gasteiger partial charge in [-0.15, -0.1) is 0 Å². The van der Waals surface area contributed by atoms with Gasteiger partial charge in [-0.05, 0) is 26.0 Å². The lowest BCUT2D eigenvalue weighted by Crippen LogP contribution is -2.39. The molecule has 0 spiro atoms. The SMILES string of the molecule is CC(C)N(CCC(=O)O)CC(=O)Nc1ccccc1F. The lowest BCUT2D eigenvalue weighted by molar-refractivity contribution is -0.137. The minimum absolute atomic E-state index is 0.0271. The van der Waals surface area contributed by atoms with Crippen molar-refractivity contribution in [1.82, 2.24) is 4.90 Å². The molecule has 0 unspecified atom stereocenters. The summed E-state index contributed by atoms with van der Waals surface area (Å²) in [7, 11) is 0. The second-order valence-corrected chi connectivity index (χ2v) is 4.74. The highest BCUT2D eigenvalue weighted by Crippen LogP contribution is 2.12. The molecule has 0 aromatic heterocycles. The number of para-hydroxylation sites is 1. The number of hydrogen-bond acceptors (Lipinski definition) is 3. The molecule has 0 atom stereocenters. The van der Waals surface area contributed by atoms with E-state index < -0.39 is 11.8 Å². The largest absolute Gasteiger partial charge is 0.481 e. The average molecular weight is 282 g/mol. The van der Waals surface area contributed by atoms with Gasteiger partial charge in [0.2, 0.25) is 5.91 Å². The maximum atomic E-state index is 13.4. The molecule has 110 valence electrons. The minimum Gasteiger partial charge on any atom is -0.481 e. The van der Waals surface area contributed by atoms with Crippen molar-refractivity contribution in [2.75, 3.05) is 18.4 Å². The summed E-state index contributed by atoms with van der Waals surface area (Å²) in [6.45, 7) is 4.05. The Kier molecular flexibility index (Phi) is 6.11. The topological polar surface area (TPSA) is 69.6 Å². The Balaban J connectivity index is 2.58. The van der Waals surface area contributed by atoms with Crippen LogP contribution in [0.3, 0.4) is 0 Å². The lowest BCUT2D eigenvalue weighted by Gasteiger charge is -2.25. The quantitative estimate of drug-likeness (QED) is 0.802. The van der Waals surface area contributed by atoms with Gasteiger partial charge in [-0.2, -0.15) is 0 Å². The number of amides is 1. The van der Waals surface area contributed by atoms with Crippen LogP contribution in [-0.2, 0) is 9.59 Å². The van der Waals surface area contributed by atoms with Crippen molar-refractivity contribution < 1.29 is 19.1 Å². The molecule has 0 radical (unpaired) electrons. The highest BCUT2D eigenvalue weighted by atomic mass is 19.1. The molecule has 5 nitrogen and oxygen atoms in total. The average Bonchev–Trinajstić information content (AvgIpc) is 2.36. The van der Waals surface area contributed by atoms with Crippen molar-refractivity contribution in [3.63, 3.8) is 0 Å². The van der Waals surface area contributed by atoms with Gasteiger partial charge < -0.3 is 10.4 Å². The number of hydrogen-bond donors (Lipinski definition) is 2. The molecule has 0 aliphatic carbocycles. The Hall–Kier alpha value is -1.95. The normalized spacial score (nSPS) is 10.8. The molecule has 0 fully saturated rings. The van der Waals surface area contributed by atoms with Crippen molar-refractivity contribution in [2.45, 2.75) is 26.3 Å². The molecule has 1 aromatic rings. The first-order chi connectivity index (χ1) is 9.40. The molecule has 20 heavy (non-hydrogen) atoms. The van der Waals surface area contributed by atoms with Crippen molar-refractivity contribution in [3.05, 3.63) is 30.1 Å². The maximum Gasteiger partial charge on any atom is 0.304 e. The van der Waals surface area contributed by atoms with E-state index in [4.69, 9.17) is 5.11 Å². The van der Waals surface area contributed by atoms with Crippen LogP contribution in [0.15, 0.2) is 24.3 Å². The fraction of sp³-hybridized carbons (Fsp3) is 0.429. The van der Waals surface area contributed by atoms with Gasteiger partial charge in [-0.25, -0.2) is 4.39 Å². The van der Waals surface area contributed by atoms with E-state index >= 15 is 0 Å². The smallest absolute Gasteiger partial charge is 0.304 e. The number of nitrogens with one attached hydrogen (secondary N) is 1. The predicted octanol–water partition coefficient (Wildman–Crippen LogP) is 1.95. The number of carboxylic acid groups (broad SMARTS) is 1. The maximum absolute atomic E-state index is 13.4. The number of rotatable bonds is 7. The van der Waals surface area contributed by atoms with E-state index in [0.717, 1.165) is 0 Å². The second-order valence-electron chi connectivity index (χ2n) is 4.74. The van der Waals surface area contributed by atoms with E-state index in [1.165, 1.54) is 18.2 Å². The number of carboxylic acids is 1. The van der Waals surface area contributed by atoms with Crippen LogP contribution in [0.25, 0.3) is 0 Å². The summed E-state index contributed by atoms with van der Waals surface area (Å²) in [5, 5.41) is 11.2. The fourth-order valence-corrected chi connectivity index (χ4v) is 1.70. The van der Waals surface area contributed by atoms with E-state index in [2.05, 4.69) is 5.32 Å². The van der Waals surface area contributed by atoms with Crippen LogP contribution in [-0.4, -0.2) is 41.0 Å². The fourth-order valence-electron chi connectivity index (χ4n) is 1.70. The van der Waals surface area contributed by atoms with Gasteiger partial charge in [0.15, 0.2) is 0 Å². The van der Waals surface area contributed by atoms with Gasteiger partial charge in [-0.1, -0.05) is 12.1 Å². The molecule has 1 aromatic carbocycles. The minimum atomic E-state index is -0.912. The molecule has 0 saturated carbocycles. The number of anilines is 1. The molecule has 0 heterocycles. The molecule has 1 rings (SSSR count). The van der Waals surface area contributed by atoms with Crippen LogP contribution in [0.1, 0.15) is 20.3 Å². The first-order valence-electron chi connectivity index (χ1n) is 6.40. The van der Waals surface area contributed by atoms with Gasteiger partial charge in [-0.3, -0.25) is 14.5 Å². The number of nitrogens with zero attached hydrogens (tertiary/aromatic N) is 1. The van der Waals surface area contributed by atoms with Crippen LogP contribution >= 0.6 is 0 Å². The third-order valence-electron chi connectivity index (χ3n) is 2.84. The molecule has 1 amide bonds. The third kappa shape index (κ3) is 5.36. The summed E-state index contributed by atoms with van der Waals surface area (Å²) < 4.78 is 13.4. The third-order valence-corrected chi connectivity index (χ3v) is 2.84. The van der Waals surface area contributed by atoms with Crippen molar-refractivity contribution in [2.24, 2.45) is 0 Å². The zero-order chi connectivity index (χ0) is 15.1. The van der Waals surface area contributed by atoms with E-state index in [9.17, 15) is 14.0 Å². The van der Waals surface area contributed by atoms with Crippen molar-refractivity contribution in [1.29, 1.82) is 0 Å². The summed E-state index contributed by atoms with van der Waals surface area (Å²) in [6.07, 6.45) is -0.0365. The van der Waals surface area contributed by atoms with Gasteiger partial charge >= 0.3 is 5.97 Å². The van der Waals surface area contributed by atoms with Gasteiger partial charge in [0.05, 0.1) is 18.7 Å². The Morgan fingerprint density at radius 3 is 2.55 bits per heavy atom. The summed E-state index contributed by atoms with van der Waals surface area (Å²) in [5.41, 5.74) is 0.124. The highest BCUT2D eigenvalue weighted by molar-refractivity contribution is 5.92. The Morgan fingerprint density at radius 1 is 1.35 bits per heavy atom. The van der Waals surface area contributed by atoms with Crippen molar-refractivity contribution >= 4 is 17.6 Å². The molecule has 6 heteroatoms. The zero-order valence-electron chi connectivity index (χ0n) is 11.6. The van der Waals surface area contributed by atoms with E-state index in [1.54, 1.807) is 11.0 Å². The summed E-state index contributed by atoms with van der Waals surface area (Å²) in [5.74, 6) is -1.78. The first-order valence-corrected chi connectivity index (χ1v) is 6.40. The highest BCUT2D eigenvalue weighted by Gasteiger charge is 2.16. The van der Waals surface area contributed by atoms with Crippen LogP contribution < -0.4 is 5.32 Å². The number of carbonyl (C=O) groups excluding carboxylic acids is 1. The van der Waals surface area contributed by atoms with Crippen molar-refractivity contribution in [3.8, 4) is 0 Å². The lowest BCUT2D eigenvalue weighted by atomic mass is 10.2. The van der Waals surface area contributed by atoms with Crippen LogP contribution in [0.5, 0.6) is 0 Å². The van der Waals surface area contributed by atoms with Gasteiger partial charge in [0, 0.05) is 12.6 Å². The van der Waals surface area contributed by atoms with E-state index in [0.29, 0.717) is 0 Å². The zero-order valence-corrected chi connectivity index (χ0v) is 11.6. The van der Waals surface area contributed by atoms with E-state index in [1.807, 2.05) is 13.8 Å². The number of halogens is 1. The molecule has 0 aliphatic rings. The van der Waals surface area contributed by atoms with E-state index in [-0.39, 0.29) is 37.1 Å². The molecular weight excluding hydrogens is 263 g/mol. The standard InChI is InChI=1S/C14H19FN2O3/c1-10(2)17(8-7-14(19)20)9-13(18)16-12-6-4-3-5-11(12)15/h3-6,10H,7-9H2,1-2H3,(H,16,18)(H,19,20). The predicted molar refractivity (Wildman–Crippen MR) is 74.0 cm³/mol. The van der Waals surface area contributed by atoms with Crippen LogP contribution in [0.4, 0.5) is 10.1 Å². The number of benzene rings is 1. The molecule has 0 saturated heterocycles. The Bertz CT molecular complexity index is 477. The summed E-state index contributed by atoms with van der Waals surface area (Å²) in [6, 6.07) is 5.94. The summed E-state index contributed by atoms with van der Waals surface area (Å²) in [4.78, 5) is 24.2. The Morgan fingerprint density at radius 2 is 2.00 bits per heavy atom. The number of carbonyl (C=O) groups is 2. The monoisotopic (exact) mass is 282 g/mol. The summed E-state index contributed by atoms with van der Waals surface area (Å²) >= 11 is 0. The molecule has 0 bridgehead atoms. The number of aliphatic carboxylic acids is 1. The van der Waals surface area contributed by atoms with Crippen LogP contribution in [0.2, 0.25) is 0 Å². The molecule has 2 N–H and O–H groups in total. The molecular formula is C14H19FN2O3. The van der Waals surface area contributed by atoms with Gasteiger partial charge in [0.1, 0.15) is 5.82 Å². The van der Waals surface area contributed by atoms with Crippen LogP contribution in [0, 0.1) is 5.82 Å². The second kappa shape index (κ2) is 7.59. The van der Waals surface area contributed by atoms with Gasteiger partial charge in [0.25, 0.3) is 0 Å². The Labute approximate surface area is 117 Å². The molecule has 0 aliphatic heterocycles.